The molecule has 19 heavy (non-hydrogen) atoms. The summed E-state index contributed by atoms with van der Waals surface area (Å²) in [7, 11) is 0. The largest absolute Gasteiger partial charge is 0.493 e. The maximum atomic E-state index is 13.3. The maximum Gasteiger partial charge on any atom is 0.223 e. The Morgan fingerprint density at radius 1 is 1.26 bits per heavy atom. The Labute approximate surface area is 110 Å². The van der Waals surface area contributed by atoms with Crippen molar-refractivity contribution in [2.24, 2.45) is 0 Å². The molecule has 0 bridgehead atoms. The Bertz CT molecular complexity index is 562. The molecule has 0 aliphatic carbocycles. The Morgan fingerprint density at radius 2 is 2.11 bits per heavy atom. The van der Waals surface area contributed by atoms with Crippen molar-refractivity contribution in [3.8, 4) is 5.75 Å². The van der Waals surface area contributed by atoms with Crippen LogP contribution in [-0.2, 0) is 0 Å². The molecule has 1 atom stereocenters. The lowest BCUT2D eigenvalue weighted by Crippen LogP contribution is -2.12. The Hall–Kier alpha value is -2.17. The number of nitrogens with one attached hydrogen (secondary N) is 1. The van der Waals surface area contributed by atoms with Crippen molar-refractivity contribution < 1.29 is 9.13 Å². The number of ether oxygens (including phenoxy) is 1. The average molecular weight is 259 g/mol. The molecule has 0 unspecified atom stereocenters. The van der Waals surface area contributed by atoms with Gasteiger partial charge in [-0.15, -0.1) is 0 Å². The van der Waals surface area contributed by atoms with Gasteiger partial charge >= 0.3 is 0 Å². The monoisotopic (exact) mass is 259 g/mol. The van der Waals surface area contributed by atoms with Crippen molar-refractivity contribution in [3.63, 3.8) is 0 Å². The van der Waals surface area contributed by atoms with Gasteiger partial charge in [0.05, 0.1) is 12.6 Å². The van der Waals surface area contributed by atoms with Gasteiger partial charge in [0, 0.05) is 24.0 Å². The summed E-state index contributed by atoms with van der Waals surface area (Å²) < 4.78 is 18.8. The van der Waals surface area contributed by atoms with Crippen molar-refractivity contribution in [3.05, 3.63) is 48.0 Å². The normalized spacial score (nSPS) is 18.1. The highest BCUT2D eigenvalue weighted by Gasteiger charge is 2.20. The zero-order chi connectivity index (χ0) is 13.1. The van der Waals surface area contributed by atoms with E-state index in [0.717, 1.165) is 18.4 Å². The minimum atomic E-state index is -0.282. The lowest BCUT2D eigenvalue weighted by molar-refractivity contribution is 0.315. The SMILES string of the molecule is Fc1ccc2c(c1)OCCC[C@@H]2Nc1ncccn1. The zero-order valence-electron chi connectivity index (χ0n) is 10.3. The predicted molar refractivity (Wildman–Crippen MR) is 69.5 cm³/mol. The third-order valence-electron chi connectivity index (χ3n) is 3.11. The molecule has 2 heterocycles. The van der Waals surface area contributed by atoms with Crippen molar-refractivity contribution in [2.45, 2.75) is 18.9 Å². The predicted octanol–water partition coefficient (Wildman–Crippen LogP) is 2.94. The van der Waals surface area contributed by atoms with Crippen LogP contribution >= 0.6 is 0 Å². The first-order valence-corrected chi connectivity index (χ1v) is 6.29. The van der Waals surface area contributed by atoms with E-state index >= 15 is 0 Å². The molecule has 98 valence electrons. The summed E-state index contributed by atoms with van der Waals surface area (Å²) >= 11 is 0. The third-order valence-corrected chi connectivity index (χ3v) is 3.11. The average Bonchev–Trinajstić information content (AvgIpc) is 2.62. The Kier molecular flexibility index (Phi) is 3.27. The smallest absolute Gasteiger partial charge is 0.223 e. The van der Waals surface area contributed by atoms with Crippen LogP contribution in [0.25, 0.3) is 0 Å². The lowest BCUT2D eigenvalue weighted by atomic mass is 10.0. The summed E-state index contributed by atoms with van der Waals surface area (Å²) in [5.74, 6) is 0.894. The van der Waals surface area contributed by atoms with Crippen molar-refractivity contribution in [2.75, 3.05) is 11.9 Å². The number of rotatable bonds is 2. The number of fused-ring (bicyclic) bond motifs is 1. The number of nitrogens with zero attached hydrogens (tertiary/aromatic N) is 2. The molecule has 0 saturated carbocycles. The van der Waals surface area contributed by atoms with Gasteiger partial charge in [0.1, 0.15) is 11.6 Å². The zero-order valence-corrected chi connectivity index (χ0v) is 10.3. The molecule has 0 amide bonds. The van der Waals surface area contributed by atoms with Crippen LogP contribution in [0.5, 0.6) is 5.75 Å². The Balaban J connectivity index is 1.90. The fourth-order valence-electron chi connectivity index (χ4n) is 2.23. The number of hydrogen-bond acceptors (Lipinski definition) is 4. The van der Waals surface area contributed by atoms with Gasteiger partial charge in [-0.25, -0.2) is 14.4 Å². The van der Waals surface area contributed by atoms with Gasteiger partial charge in [0.25, 0.3) is 0 Å². The van der Waals surface area contributed by atoms with E-state index in [2.05, 4.69) is 15.3 Å². The van der Waals surface area contributed by atoms with Crippen molar-refractivity contribution in [1.82, 2.24) is 9.97 Å². The van der Waals surface area contributed by atoms with E-state index in [1.54, 1.807) is 24.5 Å². The summed E-state index contributed by atoms with van der Waals surface area (Å²) in [6.07, 6.45) is 5.18. The molecule has 5 heteroatoms. The molecule has 0 radical (unpaired) electrons. The fourth-order valence-corrected chi connectivity index (χ4v) is 2.23. The maximum absolute atomic E-state index is 13.3. The number of halogens is 1. The van der Waals surface area contributed by atoms with E-state index in [1.165, 1.54) is 12.1 Å². The highest BCUT2D eigenvalue weighted by Crippen LogP contribution is 2.33. The quantitative estimate of drug-likeness (QED) is 0.900. The highest BCUT2D eigenvalue weighted by molar-refractivity contribution is 5.41. The molecule has 3 rings (SSSR count). The lowest BCUT2D eigenvalue weighted by Gasteiger charge is -2.18. The van der Waals surface area contributed by atoms with Crippen LogP contribution in [0.1, 0.15) is 24.4 Å². The molecule has 0 spiro atoms. The number of hydrogen-bond donors (Lipinski definition) is 1. The topological polar surface area (TPSA) is 47.0 Å². The van der Waals surface area contributed by atoms with Crippen molar-refractivity contribution in [1.29, 1.82) is 0 Å². The summed E-state index contributed by atoms with van der Waals surface area (Å²) in [6.45, 7) is 0.601. The summed E-state index contributed by atoms with van der Waals surface area (Å²) in [5, 5.41) is 3.27. The van der Waals surface area contributed by atoms with Crippen LogP contribution in [0.4, 0.5) is 10.3 Å². The molecule has 1 N–H and O–H groups in total. The Morgan fingerprint density at radius 3 is 2.95 bits per heavy atom. The minimum Gasteiger partial charge on any atom is -0.493 e. The van der Waals surface area contributed by atoms with Crippen LogP contribution in [0, 0.1) is 5.82 Å². The van der Waals surface area contributed by atoms with E-state index in [-0.39, 0.29) is 11.9 Å². The first-order valence-electron chi connectivity index (χ1n) is 6.29. The molecule has 2 aromatic rings. The molecule has 1 aliphatic rings. The van der Waals surface area contributed by atoms with Gasteiger partial charge < -0.3 is 10.1 Å². The van der Waals surface area contributed by atoms with E-state index in [0.29, 0.717) is 18.3 Å². The number of anilines is 1. The first kappa shape index (κ1) is 11.9. The van der Waals surface area contributed by atoms with E-state index in [9.17, 15) is 4.39 Å². The molecule has 4 nitrogen and oxygen atoms in total. The number of aromatic nitrogens is 2. The molecular weight excluding hydrogens is 245 g/mol. The van der Waals surface area contributed by atoms with Gasteiger partial charge in [-0.3, -0.25) is 0 Å². The fraction of sp³-hybridized carbons (Fsp3) is 0.286. The van der Waals surface area contributed by atoms with Gasteiger partial charge in [-0.2, -0.15) is 0 Å². The minimum absolute atomic E-state index is 0.0421. The molecule has 0 fully saturated rings. The first-order chi connectivity index (χ1) is 9.33. The molecule has 1 aliphatic heterocycles. The second-order valence-corrected chi connectivity index (χ2v) is 4.44. The molecule has 0 saturated heterocycles. The third kappa shape index (κ3) is 2.65. The summed E-state index contributed by atoms with van der Waals surface area (Å²) in [6, 6.07) is 6.46. The highest BCUT2D eigenvalue weighted by atomic mass is 19.1. The van der Waals surface area contributed by atoms with Crippen LogP contribution < -0.4 is 10.1 Å². The van der Waals surface area contributed by atoms with Gasteiger partial charge in [-0.05, 0) is 25.0 Å². The van der Waals surface area contributed by atoms with Crippen LogP contribution in [0.3, 0.4) is 0 Å². The molecule has 1 aromatic heterocycles. The van der Waals surface area contributed by atoms with Gasteiger partial charge in [-0.1, -0.05) is 6.07 Å². The molecule has 1 aromatic carbocycles. The van der Waals surface area contributed by atoms with Gasteiger partial charge in [0.15, 0.2) is 0 Å². The van der Waals surface area contributed by atoms with Crippen LogP contribution in [0.15, 0.2) is 36.7 Å². The summed E-state index contributed by atoms with van der Waals surface area (Å²) in [5.41, 5.74) is 0.950. The van der Waals surface area contributed by atoms with E-state index < -0.39 is 0 Å². The van der Waals surface area contributed by atoms with E-state index in [1.807, 2.05) is 0 Å². The van der Waals surface area contributed by atoms with Crippen LogP contribution in [0.2, 0.25) is 0 Å². The second-order valence-electron chi connectivity index (χ2n) is 4.44. The number of benzene rings is 1. The van der Waals surface area contributed by atoms with Gasteiger partial charge in [0.2, 0.25) is 5.95 Å². The standard InChI is InChI=1S/C14H14FN3O/c15-10-4-5-11-12(3-1-8-19-13(11)9-10)18-14-16-6-2-7-17-14/h2,4-7,9,12H,1,3,8H2,(H,16,17,18)/t12-/m0/s1. The summed E-state index contributed by atoms with van der Waals surface area (Å²) in [4.78, 5) is 8.31. The van der Waals surface area contributed by atoms with Crippen molar-refractivity contribution >= 4 is 5.95 Å². The second kappa shape index (κ2) is 5.22. The van der Waals surface area contributed by atoms with Crippen LogP contribution in [-0.4, -0.2) is 16.6 Å². The molecular formula is C14H14FN3O. The van der Waals surface area contributed by atoms with E-state index in [4.69, 9.17) is 4.74 Å².